The summed E-state index contributed by atoms with van der Waals surface area (Å²) in [5, 5.41) is 0. The summed E-state index contributed by atoms with van der Waals surface area (Å²) in [5.74, 6) is 0.149. The Morgan fingerprint density at radius 3 is 2.22 bits per heavy atom. The number of rotatable bonds is 3. The first-order valence-electron chi connectivity index (χ1n) is 8.18. The molecule has 2 rings (SSSR count). The molecule has 0 unspecified atom stereocenters. The first kappa shape index (κ1) is 17.9. The molecular formula is C19H27NO2S. The van der Waals surface area contributed by atoms with Gasteiger partial charge in [-0.15, -0.1) is 0 Å². The fraction of sp³-hybridized carbons (Fsp3) is 0.579. The number of ether oxygens (including phenoxy) is 1. The Morgan fingerprint density at radius 2 is 1.70 bits per heavy atom. The zero-order valence-corrected chi connectivity index (χ0v) is 15.5. The maximum absolute atomic E-state index is 12.7. The molecule has 1 fully saturated rings. The SMILES string of the molecule is CN(C)C(=S)[C@@H]1C[C@H](c2ccccc2)C[C@@H]1C(=O)OC(C)(C)C. The van der Waals surface area contributed by atoms with Gasteiger partial charge in [-0.25, -0.2) is 0 Å². The number of hydrogen-bond acceptors (Lipinski definition) is 3. The van der Waals surface area contributed by atoms with Gasteiger partial charge in [0, 0.05) is 20.0 Å². The fourth-order valence-electron chi connectivity index (χ4n) is 3.28. The van der Waals surface area contributed by atoms with E-state index in [0.717, 1.165) is 17.8 Å². The van der Waals surface area contributed by atoms with Crippen molar-refractivity contribution >= 4 is 23.2 Å². The van der Waals surface area contributed by atoms with Crippen LogP contribution in [0.3, 0.4) is 0 Å². The van der Waals surface area contributed by atoms with Crippen LogP contribution in [-0.4, -0.2) is 35.6 Å². The van der Waals surface area contributed by atoms with E-state index >= 15 is 0 Å². The number of thiocarbonyl (C=S) groups is 1. The van der Waals surface area contributed by atoms with E-state index in [1.165, 1.54) is 5.56 Å². The molecule has 1 aromatic carbocycles. The average Bonchev–Trinajstić information content (AvgIpc) is 2.90. The lowest BCUT2D eigenvalue weighted by atomic mass is 9.95. The van der Waals surface area contributed by atoms with Crippen molar-refractivity contribution in [2.45, 2.75) is 45.1 Å². The van der Waals surface area contributed by atoms with Crippen LogP contribution in [0.15, 0.2) is 30.3 Å². The van der Waals surface area contributed by atoms with Gasteiger partial charge >= 0.3 is 5.97 Å². The quantitative estimate of drug-likeness (QED) is 0.617. The van der Waals surface area contributed by atoms with Gasteiger partial charge in [0.05, 0.1) is 10.9 Å². The van der Waals surface area contributed by atoms with Crippen molar-refractivity contribution in [3.63, 3.8) is 0 Å². The van der Waals surface area contributed by atoms with Crippen LogP contribution in [0.5, 0.6) is 0 Å². The predicted octanol–water partition coefficient (Wildman–Crippen LogP) is 4.03. The van der Waals surface area contributed by atoms with Gasteiger partial charge in [0.1, 0.15) is 5.60 Å². The topological polar surface area (TPSA) is 29.5 Å². The summed E-state index contributed by atoms with van der Waals surface area (Å²) in [5.41, 5.74) is 0.816. The Kier molecular flexibility index (Phi) is 5.45. The Bertz CT molecular complexity index is 562. The number of esters is 1. The van der Waals surface area contributed by atoms with Gasteiger partial charge in [-0.1, -0.05) is 42.5 Å². The molecule has 0 spiro atoms. The molecule has 0 saturated heterocycles. The van der Waals surface area contributed by atoms with Gasteiger partial charge in [0.2, 0.25) is 0 Å². The maximum atomic E-state index is 12.7. The summed E-state index contributed by atoms with van der Waals surface area (Å²) in [7, 11) is 3.90. The maximum Gasteiger partial charge on any atom is 0.310 e. The number of nitrogens with zero attached hydrogens (tertiary/aromatic N) is 1. The molecule has 0 amide bonds. The molecule has 0 bridgehead atoms. The van der Waals surface area contributed by atoms with Crippen LogP contribution in [0.25, 0.3) is 0 Å². The fourth-order valence-corrected chi connectivity index (χ4v) is 3.54. The van der Waals surface area contributed by atoms with Crippen LogP contribution in [-0.2, 0) is 9.53 Å². The molecule has 3 nitrogen and oxygen atoms in total. The Hall–Kier alpha value is -1.42. The van der Waals surface area contributed by atoms with E-state index in [1.807, 2.05) is 45.8 Å². The summed E-state index contributed by atoms with van der Waals surface area (Å²) in [6.45, 7) is 5.73. The first-order chi connectivity index (χ1) is 10.7. The largest absolute Gasteiger partial charge is 0.460 e. The van der Waals surface area contributed by atoms with Crippen LogP contribution in [0.2, 0.25) is 0 Å². The third kappa shape index (κ3) is 4.54. The molecule has 1 saturated carbocycles. The lowest BCUT2D eigenvalue weighted by molar-refractivity contribution is -0.160. The second kappa shape index (κ2) is 7.00. The second-order valence-corrected chi connectivity index (χ2v) is 7.98. The van der Waals surface area contributed by atoms with Crippen molar-refractivity contribution in [2.24, 2.45) is 11.8 Å². The van der Waals surface area contributed by atoms with E-state index in [-0.39, 0.29) is 17.8 Å². The molecule has 1 aliphatic carbocycles. The highest BCUT2D eigenvalue weighted by Gasteiger charge is 2.43. The number of carbonyl (C=O) groups is 1. The minimum absolute atomic E-state index is 0.0695. The molecule has 126 valence electrons. The zero-order chi connectivity index (χ0) is 17.2. The minimum Gasteiger partial charge on any atom is -0.460 e. The molecule has 0 N–H and O–H groups in total. The number of benzene rings is 1. The van der Waals surface area contributed by atoms with E-state index < -0.39 is 5.60 Å². The minimum atomic E-state index is -0.466. The van der Waals surface area contributed by atoms with E-state index in [0.29, 0.717) is 5.92 Å². The summed E-state index contributed by atoms with van der Waals surface area (Å²) >= 11 is 5.60. The smallest absolute Gasteiger partial charge is 0.310 e. The van der Waals surface area contributed by atoms with Gasteiger partial charge in [-0.3, -0.25) is 4.79 Å². The lowest BCUT2D eigenvalue weighted by Gasteiger charge is -2.27. The highest BCUT2D eigenvalue weighted by molar-refractivity contribution is 7.80. The molecular weight excluding hydrogens is 306 g/mol. The standard InChI is InChI=1S/C19H27NO2S/c1-19(2,3)22-18(21)16-12-14(13-9-7-6-8-10-13)11-15(16)17(23)20(4)5/h6-10,14-16H,11-12H2,1-5H3/t14-,15+,16-/m0/s1. The molecule has 0 heterocycles. The van der Waals surface area contributed by atoms with E-state index in [4.69, 9.17) is 17.0 Å². The van der Waals surface area contributed by atoms with Crippen LogP contribution in [0, 0.1) is 11.8 Å². The van der Waals surface area contributed by atoms with E-state index in [9.17, 15) is 4.79 Å². The monoisotopic (exact) mass is 333 g/mol. The third-order valence-corrected chi connectivity index (χ3v) is 4.97. The lowest BCUT2D eigenvalue weighted by Crippen LogP contribution is -2.36. The van der Waals surface area contributed by atoms with Crippen molar-refractivity contribution in [3.8, 4) is 0 Å². The Balaban J connectivity index is 2.22. The highest BCUT2D eigenvalue weighted by Crippen LogP contribution is 2.44. The van der Waals surface area contributed by atoms with Crippen LogP contribution in [0.1, 0.15) is 45.1 Å². The van der Waals surface area contributed by atoms with E-state index in [1.54, 1.807) is 0 Å². The van der Waals surface area contributed by atoms with E-state index in [2.05, 4.69) is 24.3 Å². The molecule has 0 aromatic heterocycles. The Labute approximate surface area is 145 Å². The van der Waals surface area contributed by atoms with Crippen LogP contribution < -0.4 is 0 Å². The summed E-state index contributed by atoms with van der Waals surface area (Å²) in [6.07, 6.45) is 1.71. The Morgan fingerprint density at radius 1 is 1.13 bits per heavy atom. The molecule has 23 heavy (non-hydrogen) atoms. The predicted molar refractivity (Wildman–Crippen MR) is 97.5 cm³/mol. The average molecular weight is 333 g/mol. The van der Waals surface area contributed by atoms with Gasteiger partial charge in [-0.2, -0.15) is 0 Å². The molecule has 4 heteroatoms. The second-order valence-electron chi connectivity index (χ2n) is 7.56. The van der Waals surface area contributed by atoms with Gasteiger partial charge in [0.25, 0.3) is 0 Å². The highest BCUT2D eigenvalue weighted by atomic mass is 32.1. The number of hydrogen-bond donors (Lipinski definition) is 0. The van der Waals surface area contributed by atoms with Gasteiger partial charge in [0.15, 0.2) is 0 Å². The summed E-state index contributed by atoms with van der Waals surface area (Å²) in [6, 6.07) is 10.4. The molecule has 1 aromatic rings. The van der Waals surface area contributed by atoms with Crippen LogP contribution >= 0.6 is 12.2 Å². The zero-order valence-electron chi connectivity index (χ0n) is 14.7. The van der Waals surface area contributed by atoms with Crippen LogP contribution in [0.4, 0.5) is 0 Å². The van der Waals surface area contributed by atoms with Gasteiger partial charge in [-0.05, 0) is 45.1 Å². The third-order valence-electron chi connectivity index (χ3n) is 4.30. The van der Waals surface area contributed by atoms with Crippen molar-refractivity contribution in [3.05, 3.63) is 35.9 Å². The van der Waals surface area contributed by atoms with Crippen molar-refractivity contribution in [2.75, 3.05) is 14.1 Å². The molecule has 1 aliphatic rings. The number of carbonyl (C=O) groups excluding carboxylic acids is 1. The molecule has 0 radical (unpaired) electrons. The van der Waals surface area contributed by atoms with Crippen molar-refractivity contribution in [1.29, 1.82) is 0 Å². The summed E-state index contributed by atoms with van der Waals surface area (Å²) in [4.78, 5) is 15.5. The molecule has 3 atom stereocenters. The first-order valence-corrected chi connectivity index (χ1v) is 8.59. The van der Waals surface area contributed by atoms with Crippen molar-refractivity contribution in [1.82, 2.24) is 4.90 Å². The molecule has 0 aliphatic heterocycles. The van der Waals surface area contributed by atoms with Crippen molar-refractivity contribution < 1.29 is 9.53 Å². The normalized spacial score (nSPS) is 24.3. The van der Waals surface area contributed by atoms with Gasteiger partial charge < -0.3 is 9.64 Å². The summed E-state index contributed by atoms with van der Waals surface area (Å²) < 4.78 is 5.65.